The van der Waals surface area contributed by atoms with Gasteiger partial charge in [-0.05, 0) is 62.2 Å². The van der Waals surface area contributed by atoms with Crippen molar-refractivity contribution in [1.29, 1.82) is 0 Å². The smallest absolute Gasteiger partial charge is 0.338 e. The van der Waals surface area contributed by atoms with E-state index in [1.165, 1.54) is 0 Å². The lowest BCUT2D eigenvalue weighted by Crippen LogP contribution is -2.23. The highest BCUT2D eigenvalue weighted by Gasteiger charge is 2.18. The van der Waals surface area contributed by atoms with E-state index in [0.29, 0.717) is 5.56 Å². The van der Waals surface area contributed by atoms with Gasteiger partial charge in [-0.3, -0.25) is 0 Å². The summed E-state index contributed by atoms with van der Waals surface area (Å²) < 4.78 is 11.5. The molecule has 2 rings (SSSR count). The first-order valence-electron chi connectivity index (χ1n) is 6.97. The van der Waals surface area contributed by atoms with E-state index >= 15 is 0 Å². The fraction of sp³-hybridized carbons (Fsp3) is 0.278. The Hall–Kier alpha value is -1.81. The zero-order valence-corrected chi connectivity index (χ0v) is 14.7. The molecule has 0 aliphatic carbocycles. The quantitative estimate of drug-likeness (QED) is 0.714. The van der Waals surface area contributed by atoms with E-state index in [-0.39, 0.29) is 5.97 Å². The predicted molar refractivity (Wildman–Crippen MR) is 91.3 cm³/mol. The average molecular weight is 363 g/mol. The number of hydrogen-bond donors (Lipinski definition) is 0. The van der Waals surface area contributed by atoms with Crippen LogP contribution in [-0.2, 0) is 4.74 Å². The monoisotopic (exact) mass is 362 g/mol. The molecule has 4 heteroatoms. The average Bonchev–Trinajstić information content (AvgIpc) is 2.45. The van der Waals surface area contributed by atoms with Crippen molar-refractivity contribution in [2.45, 2.75) is 26.4 Å². The van der Waals surface area contributed by atoms with Crippen molar-refractivity contribution in [2.24, 2.45) is 0 Å². The number of ether oxygens (including phenoxy) is 2. The number of carbonyl (C=O) groups is 1. The molecule has 0 aliphatic rings. The summed E-state index contributed by atoms with van der Waals surface area (Å²) in [5.74, 6) is 0.439. The number of methoxy groups -OCH3 is 1. The Balaban J connectivity index is 2.40. The first-order valence-corrected chi connectivity index (χ1v) is 7.76. The number of benzene rings is 2. The van der Waals surface area contributed by atoms with E-state index in [1.807, 2.05) is 57.2 Å². The highest BCUT2D eigenvalue weighted by molar-refractivity contribution is 9.10. The first-order chi connectivity index (χ1) is 10.3. The normalized spacial score (nSPS) is 11.1. The molecule has 0 spiro atoms. The second kappa shape index (κ2) is 6.53. The Bertz CT molecular complexity index is 687. The summed E-state index contributed by atoms with van der Waals surface area (Å²) in [4.78, 5) is 12.3. The number of carbonyl (C=O) groups excluding carboxylic acids is 1. The van der Waals surface area contributed by atoms with Crippen molar-refractivity contribution >= 4 is 21.9 Å². The predicted octanol–water partition coefficient (Wildman–Crippen LogP) is 5.08. The van der Waals surface area contributed by atoms with Gasteiger partial charge >= 0.3 is 5.97 Å². The van der Waals surface area contributed by atoms with Gasteiger partial charge in [0.15, 0.2) is 0 Å². The van der Waals surface area contributed by atoms with Crippen molar-refractivity contribution < 1.29 is 14.3 Å². The van der Waals surface area contributed by atoms with Gasteiger partial charge in [0.25, 0.3) is 0 Å². The molecule has 2 aromatic carbocycles. The van der Waals surface area contributed by atoms with Crippen molar-refractivity contribution in [1.82, 2.24) is 0 Å². The fourth-order valence-corrected chi connectivity index (χ4v) is 2.51. The molecule has 0 radical (unpaired) electrons. The van der Waals surface area contributed by atoms with Crippen molar-refractivity contribution in [3.05, 3.63) is 52.5 Å². The summed E-state index contributed by atoms with van der Waals surface area (Å²) in [5, 5.41) is 0. The van der Waals surface area contributed by atoms with E-state index in [9.17, 15) is 4.79 Å². The van der Waals surface area contributed by atoms with Crippen LogP contribution >= 0.6 is 15.9 Å². The maximum absolute atomic E-state index is 12.3. The maximum atomic E-state index is 12.3. The Morgan fingerprint density at radius 2 is 1.77 bits per heavy atom. The fourth-order valence-electron chi connectivity index (χ4n) is 2.01. The second-order valence-corrected chi connectivity index (χ2v) is 6.88. The van der Waals surface area contributed by atoms with Crippen molar-refractivity contribution in [3.8, 4) is 16.9 Å². The molecule has 0 heterocycles. The largest absolute Gasteiger partial charge is 0.497 e. The van der Waals surface area contributed by atoms with E-state index in [4.69, 9.17) is 9.47 Å². The molecule has 0 aliphatic heterocycles. The molecule has 0 bridgehead atoms. The minimum absolute atomic E-state index is 0.335. The molecular weight excluding hydrogens is 344 g/mol. The molecule has 0 saturated heterocycles. The lowest BCUT2D eigenvalue weighted by atomic mass is 10.0. The van der Waals surface area contributed by atoms with Gasteiger partial charge < -0.3 is 9.47 Å². The molecule has 3 nitrogen and oxygen atoms in total. The number of halogens is 1. The van der Waals surface area contributed by atoms with Gasteiger partial charge in [-0.15, -0.1) is 0 Å². The molecule has 0 aromatic heterocycles. The van der Waals surface area contributed by atoms with Gasteiger partial charge in [-0.1, -0.05) is 28.1 Å². The van der Waals surface area contributed by atoms with Crippen LogP contribution in [0.25, 0.3) is 11.1 Å². The summed E-state index contributed by atoms with van der Waals surface area (Å²) >= 11 is 3.45. The van der Waals surface area contributed by atoms with Crippen LogP contribution in [0, 0.1) is 0 Å². The molecule has 0 atom stereocenters. The Kier molecular flexibility index (Phi) is 4.91. The molecule has 0 fully saturated rings. The van der Waals surface area contributed by atoms with E-state index < -0.39 is 5.60 Å². The van der Waals surface area contributed by atoms with E-state index in [2.05, 4.69) is 15.9 Å². The highest BCUT2D eigenvalue weighted by atomic mass is 79.9. The van der Waals surface area contributed by atoms with Gasteiger partial charge in [0.1, 0.15) is 11.4 Å². The number of esters is 1. The molecule has 22 heavy (non-hydrogen) atoms. The minimum atomic E-state index is -0.518. The van der Waals surface area contributed by atoms with Crippen molar-refractivity contribution in [3.63, 3.8) is 0 Å². The summed E-state index contributed by atoms with van der Waals surface area (Å²) in [5.41, 5.74) is 1.90. The Labute approximate surface area is 139 Å². The highest BCUT2D eigenvalue weighted by Crippen LogP contribution is 2.28. The first kappa shape index (κ1) is 16.6. The van der Waals surface area contributed by atoms with Crippen LogP contribution < -0.4 is 4.74 Å². The Morgan fingerprint density at radius 3 is 2.41 bits per heavy atom. The van der Waals surface area contributed by atoms with Crippen LogP contribution in [0.1, 0.15) is 31.1 Å². The molecule has 0 N–H and O–H groups in total. The maximum Gasteiger partial charge on any atom is 0.338 e. The van der Waals surface area contributed by atoms with Gasteiger partial charge in [0.2, 0.25) is 0 Å². The molecule has 116 valence electrons. The summed E-state index contributed by atoms with van der Waals surface area (Å²) in [7, 11) is 1.63. The van der Waals surface area contributed by atoms with Crippen LogP contribution in [-0.4, -0.2) is 18.7 Å². The van der Waals surface area contributed by atoms with Crippen LogP contribution in [0.2, 0.25) is 0 Å². The minimum Gasteiger partial charge on any atom is -0.497 e. The SMILES string of the molecule is COc1cccc(-c2cc(Br)cc(C(=O)OC(C)(C)C)c2)c1. The zero-order chi connectivity index (χ0) is 16.3. The van der Waals surface area contributed by atoms with Gasteiger partial charge in [-0.25, -0.2) is 4.79 Å². The van der Waals surface area contributed by atoms with Crippen LogP contribution in [0.3, 0.4) is 0 Å². The molecule has 0 saturated carbocycles. The summed E-state index contributed by atoms with van der Waals surface area (Å²) in [6.07, 6.45) is 0. The molecular formula is C18H19BrO3. The van der Waals surface area contributed by atoms with Crippen LogP contribution in [0.15, 0.2) is 46.9 Å². The van der Waals surface area contributed by atoms with Gasteiger partial charge in [0, 0.05) is 4.47 Å². The summed E-state index contributed by atoms with van der Waals surface area (Å²) in [6, 6.07) is 13.3. The van der Waals surface area contributed by atoms with E-state index in [0.717, 1.165) is 21.3 Å². The summed E-state index contributed by atoms with van der Waals surface area (Å²) in [6.45, 7) is 5.56. The lowest BCUT2D eigenvalue weighted by Gasteiger charge is -2.19. The number of rotatable bonds is 3. The zero-order valence-electron chi connectivity index (χ0n) is 13.1. The van der Waals surface area contributed by atoms with Crippen molar-refractivity contribution in [2.75, 3.05) is 7.11 Å². The standard InChI is InChI=1S/C18H19BrO3/c1-18(2,3)22-17(20)14-8-13(9-15(19)10-14)12-6-5-7-16(11-12)21-4/h5-11H,1-4H3. The molecule has 0 unspecified atom stereocenters. The third-order valence-corrected chi connectivity index (χ3v) is 3.39. The number of hydrogen-bond acceptors (Lipinski definition) is 3. The third kappa shape index (κ3) is 4.34. The lowest BCUT2D eigenvalue weighted by molar-refractivity contribution is 0.00695. The van der Waals surface area contributed by atoms with Crippen LogP contribution in [0.5, 0.6) is 5.75 Å². The van der Waals surface area contributed by atoms with Gasteiger partial charge in [-0.2, -0.15) is 0 Å². The van der Waals surface area contributed by atoms with E-state index in [1.54, 1.807) is 13.2 Å². The second-order valence-electron chi connectivity index (χ2n) is 5.96. The van der Waals surface area contributed by atoms with Crippen LogP contribution in [0.4, 0.5) is 0 Å². The topological polar surface area (TPSA) is 35.5 Å². The molecule has 2 aromatic rings. The third-order valence-electron chi connectivity index (χ3n) is 2.94. The van der Waals surface area contributed by atoms with Gasteiger partial charge in [0.05, 0.1) is 12.7 Å². The molecule has 0 amide bonds. The Morgan fingerprint density at radius 1 is 1.05 bits per heavy atom.